The van der Waals surface area contributed by atoms with E-state index in [1.165, 1.54) is 18.5 Å². The second-order valence-corrected chi connectivity index (χ2v) is 3.19. The molecule has 0 aliphatic rings. The Bertz CT molecular complexity index is 457. The lowest BCUT2D eigenvalue weighted by Crippen LogP contribution is -2.16. The third kappa shape index (κ3) is 3.17. The first-order chi connectivity index (χ1) is 8.10. The van der Waals surface area contributed by atoms with E-state index in [2.05, 4.69) is 9.98 Å². The number of hydrogen-bond acceptors (Lipinski definition) is 3. The summed E-state index contributed by atoms with van der Waals surface area (Å²) in [5, 5.41) is 0. The number of aliphatic imine (C=N–C) groups is 2. The number of nitrogen functional groups attached to an aromatic ring is 1. The van der Waals surface area contributed by atoms with Crippen molar-refractivity contribution in [2.24, 2.45) is 15.7 Å². The highest BCUT2D eigenvalue weighted by atomic mass is 19.1. The van der Waals surface area contributed by atoms with Crippen LogP contribution in [0.15, 0.2) is 22.1 Å². The summed E-state index contributed by atoms with van der Waals surface area (Å²) in [7, 11) is 1.57. The van der Waals surface area contributed by atoms with Gasteiger partial charge in [-0.05, 0) is 13.0 Å². The molecule has 1 rings (SSSR count). The first-order valence-electron chi connectivity index (χ1n) is 5.06. The molecule has 0 atom stereocenters. The van der Waals surface area contributed by atoms with Gasteiger partial charge >= 0.3 is 0 Å². The van der Waals surface area contributed by atoms with E-state index in [4.69, 9.17) is 16.2 Å². The molecular weight excluding hydrogens is 223 g/mol. The van der Waals surface area contributed by atoms with Crippen LogP contribution in [-0.4, -0.2) is 25.8 Å². The van der Waals surface area contributed by atoms with Crippen LogP contribution >= 0.6 is 0 Å². The fraction of sp³-hybridized carbons (Fsp3) is 0.273. The second-order valence-electron chi connectivity index (χ2n) is 3.19. The molecule has 0 radical (unpaired) electrons. The molecule has 0 spiro atoms. The molecule has 5 nitrogen and oxygen atoms in total. The highest BCUT2D eigenvalue weighted by Gasteiger charge is 2.11. The van der Waals surface area contributed by atoms with Crippen LogP contribution < -0.4 is 16.2 Å². The molecule has 92 valence electrons. The van der Waals surface area contributed by atoms with Crippen molar-refractivity contribution in [1.82, 2.24) is 0 Å². The van der Waals surface area contributed by atoms with E-state index in [0.29, 0.717) is 17.9 Å². The van der Waals surface area contributed by atoms with E-state index in [1.54, 1.807) is 14.0 Å². The van der Waals surface area contributed by atoms with E-state index >= 15 is 0 Å². The Morgan fingerprint density at radius 2 is 2.24 bits per heavy atom. The van der Waals surface area contributed by atoms with Crippen LogP contribution in [-0.2, 0) is 0 Å². The Kier molecular flexibility index (Phi) is 4.45. The lowest BCUT2D eigenvalue weighted by molar-refractivity contribution is 0.337. The SMILES string of the molecule is CCOc1cc(F)c(N)cc1C(N)=NC=NC. The maximum Gasteiger partial charge on any atom is 0.149 e. The lowest BCUT2D eigenvalue weighted by Gasteiger charge is -2.10. The summed E-state index contributed by atoms with van der Waals surface area (Å²) in [6, 6.07) is 2.59. The largest absolute Gasteiger partial charge is 0.493 e. The van der Waals surface area contributed by atoms with Gasteiger partial charge in [0.2, 0.25) is 0 Å². The molecule has 4 N–H and O–H groups in total. The topological polar surface area (TPSA) is 86.0 Å². The van der Waals surface area contributed by atoms with Crippen molar-refractivity contribution < 1.29 is 9.13 Å². The summed E-state index contributed by atoms with van der Waals surface area (Å²) in [4.78, 5) is 7.55. The number of hydrogen-bond donors (Lipinski definition) is 2. The molecular formula is C11H15FN4O. The zero-order valence-electron chi connectivity index (χ0n) is 9.77. The monoisotopic (exact) mass is 238 g/mol. The third-order valence-electron chi connectivity index (χ3n) is 1.99. The number of anilines is 1. The molecule has 0 heterocycles. The number of ether oxygens (including phenoxy) is 1. The minimum absolute atomic E-state index is 0.00459. The number of nitrogens with zero attached hydrogens (tertiary/aromatic N) is 2. The minimum Gasteiger partial charge on any atom is -0.493 e. The average molecular weight is 238 g/mol. The van der Waals surface area contributed by atoms with E-state index in [1.807, 2.05) is 0 Å². The molecule has 1 aromatic carbocycles. The van der Waals surface area contributed by atoms with Crippen LogP contribution in [0.2, 0.25) is 0 Å². The molecule has 6 heteroatoms. The Morgan fingerprint density at radius 1 is 1.53 bits per heavy atom. The maximum atomic E-state index is 13.3. The standard InChI is InChI=1S/C11H15FN4O/c1-3-17-10-5-8(12)9(13)4-7(10)11(14)16-6-15-2/h4-6H,3,13H2,1-2H3,(H2,14,15,16). The summed E-state index contributed by atoms with van der Waals surface area (Å²) < 4.78 is 18.6. The first-order valence-corrected chi connectivity index (χ1v) is 5.06. The number of benzene rings is 1. The van der Waals surface area contributed by atoms with Crippen LogP contribution in [0.4, 0.5) is 10.1 Å². The molecule has 0 saturated heterocycles. The van der Waals surface area contributed by atoms with Crippen molar-refractivity contribution in [2.45, 2.75) is 6.92 Å². The van der Waals surface area contributed by atoms with Crippen LogP contribution in [0.3, 0.4) is 0 Å². The Morgan fingerprint density at radius 3 is 2.82 bits per heavy atom. The van der Waals surface area contributed by atoms with Gasteiger partial charge in [-0.3, -0.25) is 4.99 Å². The molecule has 0 aliphatic heterocycles. The summed E-state index contributed by atoms with van der Waals surface area (Å²) in [6.07, 6.45) is 1.30. The van der Waals surface area contributed by atoms with Crippen molar-refractivity contribution in [3.05, 3.63) is 23.5 Å². The van der Waals surface area contributed by atoms with Gasteiger partial charge in [-0.1, -0.05) is 0 Å². The summed E-state index contributed by atoms with van der Waals surface area (Å²) in [5.41, 5.74) is 11.7. The highest BCUT2D eigenvalue weighted by molar-refractivity contribution is 6.04. The van der Waals surface area contributed by atoms with Crippen molar-refractivity contribution in [2.75, 3.05) is 19.4 Å². The summed E-state index contributed by atoms with van der Waals surface area (Å²) in [5.74, 6) is -0.0649. The number of amidine groups is 1. The van der Waals surface area contributed by atoms with Gasteiger partial charge in [-0.25, -0.2) is 9.38 Å². The van der Waals surface area contributed by atoms with Gasteiger partial charge in [0.15, 0.2) is 0 Å². The Hall–Kier alpha value is -2.11. The average Bonchev–Trinajstić information content (AvgIpc) is 2.30. The van der Waals surface area contributed by atoms with Gasteiger partial charge in [0.05, 0.1) is 17.9 Å². The van der Waals surface area contributed by atoms with Gasteiger partial charge in [0, 0.05) is 13.1 Å². The van der Waals surface area contributed by atoms with Gasteiger partial charge in [-0.2, -0.15) is 0 Å². The predicted octanol–water partition coefficient (Wildman–Crippen LogP) is 1.17. The maximum absolute atomic E-state index is 13.3. The van der Waals surface area contributed by atoms with Crippen molar-refractivity contribution >= 4 is 17.9 Å². The van der Waals surface area contributed by atoms with Gasteiger partial charge in [0.25, 0.3) is 0 Å². The van der Waals surface area contributed by atoms with Crippen molar-refractivity contribution in [3.63, 3.8) is 0 Å². The minimum atomic E-state index is -0.547. The molecule has 17 heavy (non-hydrogen) atoms. The normalized spacial score (nSPS) is 12.1. The third-order valence-corrected chi connectivity index (χ3v) is 1.99. The summed E-state index contributed by atoms with van der Waals surface area (Å²) >= 11 is 0. The van der Waals surface area contributed by atoms with E-state index < -0.39 is 5.82 Å². The zero-order valence-corrected chi connectivity index (χ0v) is 9.77. The smallest absolute Gasteiger partial charge is 0.149 e. The second kappa shape index (κ2) is 5.83. The number of nitrogens with two attached hydrogens (primary N) is 2. The lowest BCUT2D eigenvalue weighted by atomic mass is 10.1. The highest BCUT2D eigenvalue weighted by Crippen LogP contribution is 2.24. The number of halogens is 1. The fourth-order valence-electron chi connectivity index (χ4n) is 1.24. The number of rotatable bonds is 4. The fourth-order valence-corrected chi connectivity index (χ4v) is 1.24. The van der Waals surface area contributed by atoms with Crippen LogP contribution in [0.5, 0.6) is 5.75 Å². The van der Waals surface area contributed by atoms with Crippen LogP contribution in [0, 0.1) is 5.82 Å². The molecule has 0 aliphatic carbocycles. The Labute approximate surface area is 99.0 Å². The van der Waals surface area contributed by atoms with Crippen molar-refractivity contribution in [3.8, 4) is 5.75 Å². The zero-order chi connectivity index (χ0) is 12.8. The Balaban J connectivity index is 3.24. The van der Waals surface area contributed by atoms with Gasteiger partial charge < -0.3 is 16.2 Å². The van der Waals surface area contributed by atoms with E-state index in [-0.39, 0.29) is 11.5 Å². The van der Waals surface area contributed by atoms with E-state index in [0.717, 1.165) is 0 Å². The molecule has 0 fully saturated rings. The first kappa shape index (κ1) is 13.0. The van der Waals surface area contributed by atoms with Gasteiger partial charge in [-0.15, -0.1) is 0 Å². The molecule has 0 unspecified atom stereocenters. The summed E-state index contributed by atoms with van der Waals surface area (Å²) in [6.45, 7) is 2.18. The van der Waals surface area contributed by atoms with Crippen LogP contribution in [0.25, 0.3) is 0 Å². The van der Waals surface area contributed by atoms with Gasteiger partial charge in [0.1, 0.15) is 23.7 Å². The molecule has 0 saturated carbocycles. The van der Waals surface area contributed by atoms with Crippen molar-refractivity contribution in [1.29, 1.82) is 0 Å². The van der Waals surface area contributed by atoms with E-state index in [9.17, 15) is 4.39 Å². The molecule has 1 aromatic rings. The predicted molar refractivity (Wildman–Crippen MR) is 67.1 cm³/mol. The molecule has 0 aromatic heterocycles. The quantitative estimate of drug-likeness (QED) is 0.469. The molecule has 0 amide bonds. The van der Waals surface area contributed by atoms with Crippen LogP contribution in [0.1, 0.15) is 12.5 Å². The molecule has 0 bridgehead atoms.